The fraction of sp³-hybridized carbons (Fsp3) is 0.286. The van der Waals surface area contributed by atoms with Crippen LogP contribution in [0.3, 0.4) is 0 Å². The first-order valence-electron chi connectivity index (χ1n) is 8.91. The van der Waals surface area contributed by atoms with Crippen LogP contribution in [0, 0.1) is 0 Å². The maximum atomic E-state index is 12.6. The van der Waals surface area contributed by atoms with Gasteiger partial charge in [-0.25, -0.2) is 0 Å². The van der Waals surface area contributed by atoms with Gasteiger partial charge in [0.15, 0.2) is 17.3 Å². The Kier molecular flexibility index (Phi) is 6.36. The van der Waals surface area contributed by atoms with Crippen molar-refractivity contribution in [2.45, 2.75) is 30.7 Å². The minimum absolute atomic E-state index is 0.0264. The van der Waals surface area contributed by atoms with Gasteiger partial charge in [-0.1, -0.05) is 43.0 Å². The van der Waals surface area contributed by atoms with Gasteiger partial charge in [0.1, 0.15) is 0 Å². The first kappa shape index (κ1) is 19.9. The molecule has 0 aliphatic heterocycles. The molecule has 7 heteroatoms. The van der Waals surface area contributed by atoms with Crippen LogP contribution in [-0.2, 0) is 6.42 Å². The van der Waals surface area contributed by atoms with E-state index in [2.05, 4.69) is 17.1 Å². The van der Waals surface area contributed by atoms with Gasteiger partial charge in [-0.3, -0.25) is 4.79 Å². The highest BCUT2D eigenvalue weighted by Crippen LogP contribution is 2.33. The normalized spacial score (nSPS) is 11.9. The van der Waals surface area contributed by atoms with Crippen molar-refractivity contribution in [3.63, 3.8) is 0 Å². The van der Waals surface area contributed by atoms with Crippen LogP contribution < -0.4 is 9.47 Å². The van der Waals surface area contributed by atoms with E-state index in [4.69, 9.17) is 13.9 Å². The van der Waals surface area contributed by atoms with Gasteiger partial charge in [0, 0.05) is 11.1 Å². The smallest absolute Gasteiger partial charge is 0.277 e. The molecule has 0 N–H and O–H groups in total. The molecular weight excluding hydrogens is 376 g/mol. The van der Waals surface area contributed by atoms with E-state index >= 15 is 0 Å². The number of carbonyl (C=O) groups is 1. The van der Waals surface area contributed by atoms with Crippen LogP contribution in [-0.4, -0.2) is 35.5 Å². The molecule has 0 saturated heterocycles. The van der Waals surface area contributed by atoms with Gasteiger partial charge in [0.25, 0.3) is 5.22 Å². The van der Waals surface area contributed by atoms with Crippen molar-refractivity contribution in [3.8, 4) is 23.0 Å². The Labute approximate surface area is 168 Å². The lowest BCUT2D eigenvalue weighted by atomic mass is 10.1. The lowest BCUT2D eigenvalue weighted by Crippen LogP contribution is -2.13. The summed E-state index contributed by atoms with van der Waals surface area (Å²) >= 11 is 1.24. The summed E-state index contributed by atoms with van der Waals surface area (Å²) in [6.45, 7) is 3.92. The summed E-state index contributed by atoms with van der Waals surface area (Å²) in [5.41, 5.74) is 2.59. The van der Waals surface area contributed by atoms with Crippen molar-refractivity contribution in [1.82, 2.24) is 10.2 Å². The van der Waals surface area contributed by atoms with E-state index < -0.39 is 0 Å². The fourth-order valence-electron chi connectivity index (χ4n) is 2.69. The Bertz CT molecular complexity index is 953. The topological polar surface area (TPSA) is 74.5 Å². The molecule has 0 spiro atoms. The van der Waals surface area contributed by atoms with Crippen molar-refractivity contribution in [3.05, 3.63) is 53.6 Å². The Morgan fingerprint density at radius 1 is 1.07 bits per heavy atom. The predicted molar refractivity (Wildman–Crippen MR) is 108 cm³/mol. The highest BCUT2D eigenvalue weighted by atomic mass is 32.2. The number of carbonyl (C=O) groups excluding carboxylic acids is 1. The minimum atomic E-state index is -0.341. The highest BCUT2D eigenvalue weighted by molar-refractivity contribution is 8.00. The van der Waals surface area contributed by atoms with E-state index in [0.717, 1.165) is 6.42 Å². The number of rotatable bonds is 8. The number of aromatic nitrogens is 2. The summed E-state index contributed by atoms with van der Waals surface area (Å²) in [6.07, 6.45) is 0.944. The second kappa shape index (κ2) is 8.93. The van der Waals surface area contributed by atoms with Crippen molar-refractivity contribution >= 4 is 17.5 Å². The molecule has 0 radical (unpaired) electrons. The standard InChI is InChI=1S/C21H22N2O4S/c1-5-14-6-8-15(9-7-14)19(24)13(2)28-21-23-22-20(27-21)16-10-11-17(25-3)18(12-16)26-4/h6-13H,5H2,1-4H3/t13-/m0/s1. The number of ketones is 1. The van der Waals surface area contributed by atoms with E-state index in [9.17, 15) is 4.79 Å². The van der Waals surface area contributed by atoms with E-state index in [1.54, 1.807) is 26.4 Å². The molecule has 0 saturated carbocycles. The molecule has 0 bridgehead atoms. The fourth-order valence-corrected chi connectivity index (χ4v) is 3.45. The predicted octanol–water partition coefficient (Wildman–Crippen LogP) is 4.68. The number of thioether (sulfide) groups is 1. The van der Waals surface area contributed by atoms with Gasteiger partial charge >= 0.3 is 0 Å². The second-order valence-electron chi connectivity index (χ2n) is 6.12. The van der Waals surface area contributed by atoms with Crippen molar-refractivity contribution in [2.75, 3.05) is 14.2 Å². The van der Waals surface area contributed by atoms with Crippen LogP contribution in [0.25, 0.3) is 11.5 Å². The van der Waals surface area contributed by atoms with E-state index in [0.29, 0.717) is 33.7 Å². The number of benzene rings is 2. The molecule has 0 amide bonds. The molecule has 0 aliphatic rings. The van der Waals surface area contributed by atoms with E-state index in [1.165, 1.54) is 17.3 Å². The van der Waals surface area contributed by atoms with E-state index in [-0.39, 0.29) is 11.0 Å². The van der Waals surface area contributed by atoms with Crippen LogP contribution in [0.2, 0.25) is 0 Å². The Balaban J connectivity index is 1.72. The highest BCUT2D eigenvalue weighted by Gasteiger charge is 2.20. The monoisotopic (exact) mass is 398 g/mol. The first-order chi connectivity index (χ1) is 13.5. The zero-order valence-corrected chi connectivity index (χ0v) is 17.1. The van der Waals surface area contributed by atoms with E-state index in [1.807, 2.05) is 37.3 Å². The molecule has 0 unspecified atom stereocenters. The molecular formula is C21H22N2O4S. The van der Waals surface area contributed by atoms with Crippen molar-refractivity contribution in [2.24, 2.45) is 0 Å². The number of methoxy groups -OCH3 is 2. The zero-order chi connectivity index (χ0) is 20.1. The summed E-state index contributed by atoms with van der Waals surface area (Å²) < 4.78 is 16.3. The Hall–Kier alpha value is -2.80. The maximum Gasteiger partial charge on any atom is 0.277 e. The zero-order valence-electron chi connectivity index (χ0n) is 16.3. The SMILES string of the molecule is CCc1ccc(C(=O)[C@H](C)Sc2nnc(-c3ccc(OC)c(OC)c3)o2)cc1. The number of Topliss-reactive ketones (excluding diaryl/α,β-unsaturated/α-hetero) is 1. The summed E-state index contributed by atoms with van der Waals surface area (Å²) in [7, 11) is 3.14. The molecule has 3 rings (SSSR count). The molecule has 0 aliphatic carbocycles. The van der Waals surface area contributed by atoms with Gasteiger partial charge in [-0.2, -0.15) is 0 Å². The third-order valence-corrected chi connectivity index (χ3v) is 5.26. The molecule has 1 heterocycles. The largest absolute Gasteiger partial charge is 0.493 e. The molecule has 2 aromatic carbocycles. The molecule has 1 atom stereocenters. The Morgan fingerprint density at radius 2 is 1.79 bits per heavy atom. The summed E-state index contributed by atoms with van der Waals surface area (Å²) in [5.74, 6) is 1.58. The molecule has 1 aromatic heterocycles. The van der Waals surface area contributed by atoms with Crippen LogP contribution in [0.15, 0.2) is 52.1 Å². The third-order valence-electron chi connectivity index (χ3n) is 4.33. The quantitative estimate of drug-likeness (QED) is 0.403. The minimum Gasteiger partial charge on any atom is -0.493 e. The lowest BCUT2D eigenvalue weighted by molar-refractivity contribution is 0.0993. The van der Waals surface area contributed by atoms with Gasteiger partial charge < -0.3 is 13.9 Å². The Morgan fingerprint density at radius 3 is 2.43 bits per heavy atom. The molecule has 28 heavy (non-hydrogen) atoms. The number of nitrogens with zero attached hydrogens (tertiary/aromatic N) is 2. The van der Waals surface area contributed by atoms with Gasteiger partial charge in [0.05, 0.1) is 19.5 Å². The number of ether oxygens (including phenoxy) is 2. The van der Waals surface area contributed by atoms with Crippen molar-refractivity contribution in [1.29, 1.82) is 0 Å². The van der Waals surface area contributed by atoms with Crippen molar-refractivity contribution < 1.29 is 18.7 Å². The molecule has 6 nitrogen and oxygen atoms in total. The van der Waals surface area contributed by atoms with Crippen LogP contribution in [0.4, 0.5) is 0 Å². The van der Waals surface area contributed by atoms with Crippen LogP contribution in [0.1, 0.15) is 29.8 Å². The number of hydrogen-bond donors (Lipinski definition) is 0. The van der Waals surface area contributed by atoms with Gasteiger partial charge in [-0.15, -0.1) is 10.2 Å². The average Bonchev–Trinajstić information content (AvgIpc) is 3.21. The summed E-state index contributed by atoms with van der Waals surface area (Å²) in [4.78, 5) is 12.6. The van der Waals surface area contributed by atoms with Gasteiger partial charge in [0.2, 0.25) is 5.89 Å². The second-order valence-corrected chi connectivity index (χ2v) is 7.41. The number of hydrogen-bond acceptors (Lipinski definition) is 7. The maximum absolute atomic E-state index is 12.6. The third kappa shape index (κ3) is 4.36. The molecule has 0 fully saturated rings. The molecule has 3 aromatic rings. The first-order valence-corrected chi connectivity index (χ1v) is 9.79. The summed E-state index contributed by atoms with van der Waals surface area (Å²) in [5, 5.41) is 8.14. The number of aryl methyl sites for hydroxylation is 1. The summed E-state index contributed by atoms with van der Waals surface area (Å²) in [6, 6.07) is 13.0. The van der Waals surface area contributed by atoms with Crippen LogP contribution >= 0.6 is 11.8 Å². The lowest BCUT2D eigenvalue weighted by Gasteiger charge is -2.08. The average molecular weight is 398 g/mol. The van der Waals surface area contributed by atoms with Crippen LogP contribution in [0.5, 0.6) is 11.5 Å². The molecule has 146 valence electrons. The van der Waals surface area contributed by atoms with Gasteiger partial charge in [-0.05, 0) is 37.1 Å².